The van der Waals surface area contributed by atoms with E-state index in [4.69, 9.17) is 12.6 Å². The van der Waals surface area contributed by atoms with Gasteiger partial charge in [-0.15, -0.1) is 0 Å². The van der Waals surface area contributed by atoms with Crippen LogP contribution in [-0.4, -0.2) is 11.9 Å². The zero-order chi connectivity index (χ0) is 13.8. The molecule has 1 aliphatic carbocycles. The van der Waals surface area contributed by atoms with Gasteiger partial charge in [-0.05, 0) is 18.9 Å². The Labute approximate surface area is 116 Å². The predicted molar refractivity (Wildman–Crippen MR) is 71.1 cm³/mol. The van der Waals surface area contributed by atoms with Crippen molar-refractivity contribution in [2.45, 2.75) is 17.7 Å². The maximum absolute atomic E-state index is 12.2. The Hall–Kier alpha value is -1.88. The number of carboxylic acid groups (broad SMARTS) is 1. The third-order valence-corrected chi connectivity index (χ3v) is 3.57. The number of hydrogen-bond donors (Lipinski definition) is 1. The molecule has 0 aliphatic heterocycles. The summed E-state index contributed by atoms with van der Waals surface area (Å²) in [4.78, 5) is 23.7. The van der Waals surface area contributed by atoms with Crippen LogP contribution < -0.4 is 10.4 Å². The maximum atomic E-state index is 12.2. The largest absolute Gasteiger partial charge is 0.778 e. The maximum Gasteiger partial charge on any atom is 0.228 e. The van der Waals surface area contributed by atoms with Crippen LogP contribution in [0.4, 0.5) is 5.69 Å². The summed E-state index contributed by atoms with van der Waals surface area (Å²) < 4.78 is 0. The van der Waals surface area contributed by atoms with Gasteiger partial charge in [-0.2, -0.15) is 4.90 Å². The molecular weight excluding hydrogens is 262 g/mol. The van der Waals surface area contributed by atoms with Crippen molar-refractivity contribution < 1.29 is 14.7 Å². The number of amides is 1. The lowest BCUT2D eigenvalue weighted by Crippen LogP contribution is -2.41. The molecule has 2 atom stereocenters. The molecule has 0 saturated heterocycles. The topological polar surface area (TPSA) is 69.2 Å². The predicted octanol–water partition coefficient (Wildman–Crippen LogP) is 0.863. The average molecular weight is 275 g/mol. The summed E-state index contributed by atoms with van der Waals surface area (Å²) in [5.41, 5.74) is 0.536. The number of carboxylic acids is 1. The van der Waals surface area contributed by atoms with E-state index in [1.807, 2.05) is 6.08 Å². The molecule has 0 aromatic heterocycles. The van der Waals surface area contributed by atoms with Gasteiger partial charge >= 0.3 is 0 Å². The highest BCUT2D eigenvalue weighted by molar-refractivity contribution is 7.59. The molecule has 0 bridgehead atoms. The van der Waals surface area contributed by atoms with Gasteiger partial charge in [0, 0.05) is 17.6 Å². The highest BCUT2D eigenvalue weighted by Crippen LogP contribution is 2.27. The minimum Gasteiger partial charge on any atom is -0.778 e. The van der Waals surface area contributed by atoms with Crippen molar-refractivity contribution in [1.29, 1.82) is 0 Å². The normalized spacial score (nSPS) is 21.9. The first-order valence-electron chi connectivity index (χ1n) is 6.02. The summed E-state index contributed by atoms with van der Waals surface area (Å²) >= 11 is 5.10. The van der Waals surface area contributed by atoms with Crippen LogP contribution >= 0.6 is 0 Å². The van der Waals surface area contributed by atoms with Crippen LogP contribution in [0, 0.1) is 11.8 Å². The fraction of sp³-hybridized carbons (Fsp3) is 0.286. The lowest BCUT2D eigenvalue weighted by molar-refractivity contribution is -0.313. The number of hydrogen-bond acceptors (Lipinski definition) is 4. The molecule has 0 heterocycles. The zero-order valence-corrected chi connectivity index (χ0v) is 11.0. The van der Waals surface area contributed by atoms with Crippen LogP contribution in [-0.2, 0) is 22.2 Å². The van der Waals surface area contributed by atoms with Crippen molar-refractivity contribution in [3.05, 3.63) is 36.4 Å². The molecule has 2 rings (SSSR count). The summed E-state index contributed by atoms with van der Waals surface area (Å²) in [5, 5.41) is 13.7. The van der Waals surface area contributed by atoms with Gasteiger partial charge in [-0.1, -0.05) is 30.4 Å². The van der Waals surface area contributed by atoms with Crippen LogP contribution in [0.3, 0.4) is 0 Å². The molecule has 4 nitrogen and oxygen atoms in total. The van der Waals surface area contributed by atoms with Crippen molar-refractivity contribution in [2.75, 3.05) is 5.32 Å². The molecule has 19 heavy (non-hydrogen) atoms. The third-order valence-electron chi connectivity index (χ3n) is 3.22. The fourth-order valence-corrected chi connectivity index (χ4v) is 2.36. The van der Waals surface area contributed by atoms with Gasteiger partial charge in [-0.25, -0.2) is 0 Å². The van der Waals surface area contributed by atoms with E-state index in [1.165, 1.54) is 0 Å². The van der Waals surface area contributed by atoms with Gasteiger partial charge in [0.2, 0.25) is 5.91 Å². The van der Waals surface area contributed by atoms with Gasteiger partial charge in [0.1, 0.15) is 0 Å². The van der Waals surface area contributed by atoms with Crippen molar-refractivity contribution >= 4 is 30.2 Å². The van der Waals surface area contributed by atoms with Crippen LogP contribution in [0.25, 0.3) is 0 Å². The molecule has 1 N–H and O–H groups in total. The lowest BCUT2D eigenvalue weighted by atomic mass is 9.82. The van der Waals surface area contributed by atoms with Crippen molar-refractivity contribution in [1.82, 2.24) is 0 Å². The summed E-state index contributed by atoms with van der Waals surface area (Å²) in [5.74, 6) is -2.89. The molecule has 0 saturated carbocycles. The number of allylic oxidation sites excluding steroid dienone is 2. The lowest BCUT2D eigenvalue weighted by Gasteiger charge is -2.28. The highest BCUT2D eigenvalue weighted by atomic mass is 32.1. The van der Waals surface area contributed by atoms with Gasteiger partial charge in [0.15, 0.2) is 0 Å². The molecule has 1 aromatic carbocycles. The molecular formula is C14H13NO3S-2. The van der Waals surface area contributed by atoms with Crippen molar-refractivity contribution in [3.63, 3.8) is 0 Å². The van der Waals surface area contributed by atoms with E-state index in [-0.39, 0.29) is 5.91 Å². The quantitative estimate of drug-likeness (QED) is 0.656. The van der Waals surface area contributed by atoms with E-state index in [2.05, 4.69) is 5.32 Å². The first-order valence-corrected chi connectivity index (χ1v) is 6.43. The van der Waals surface area contributed by atoms with Gasteiger partial charge < -0.3 is 27.8 Å². The smallest absolute Gasteiger partial charge is 0.228 e. The number of benzene rings is 1. The standard InChI is InChI=1S/C14H15NO3S/c16-13(15-11-7-3-4-8-12(11)19)9-5-1-2-6-10(9)14(17)18/h1-4,7-10,19H,5-6H2,(H,15,16)(H,17,18)/p-2/t9-,10+/m1/s1. The second-order valence-electron chi connectivity index (χ2n) is 4.46. The summed E-state index contributed by atoms with van der Waals surface area (Å²) in [6.07, 6.45) is 4.33. The van der Waals surface area contributed by atoms with Crippen LogP contribution in [0.5, 0.6) is 0 Å². The molecule has 0 spiro atoms. The number of anilines is 1. The molecule has 1 amide bonds. The number of aliphatic carboxylic acids is 1. The van der Waals surface area contributed by atoms with Gasteiger partial charge in [-0.3, -0.25) is 4.79 Å². The first kappa shape index (κ1) is 13.5. The summed E-state index contributed by atoms with van der Waals surface area (Å²) in [7, 11) is 0. The molecule has 5 heteroatoms. The Balaban J connectivity index is 2.13. The van der Waals surface area contributed by atoms with Gasteiger partial charge in [0.05, 0.1) is 5.92 Å². The number of nitrogens with one attached hydrogen (secondary N) is 1. The fourth-order valence-electron chi connectivity index (χ4n) is 2.16. The zero-order valence-electron chi connectivity index (χ0n) is 10.2. The Morgan fingerprint density at radius 2 is 1.79 bits per heavy atom. The first-order chi connectivity index (χ1) is 9.09. The Morgan fingerprint density at radius 3 is 2.42 bits per heavy atom. The average Bonchev–Trinajstić information content (AvgIpc) is 2.41. The molecule has 100 valence electrons. The number of para-hydroxylation sites is 1. The number of carbonyl (C=O) groups is 2. The van der Waals surface area contributed by atoms with E-state index in [0.717, 1.165) is 0 Å². The van der Waals surface area contributed by atoms with Crippen molar-refractivity contribution in [3.8, 4) is 0 Å². The van der Waals surface area contributed by atoms with Crippen molar-refractivity contribution in [2.24, 2.45) is 11.8 Å². The number of rotatable bonds is 3. The summed E-state index contributed by atoms with van der Waals surface area (Å²) in [6, 6.07) is 6.96. The van der Waals surface area contributed by atoms with Gasteiger partial charge in [0.25, 0.3) is 0 Å². The molecule has 0 radical (unpaired) electrons. The van der Waals surface area contributed by atoms with E-state index in [0.29, 0.717) is 23.4 Å². The molecule has 1 aliphatic rings. The second-order valence-corrected chi connectivity index (χ2v) is 4.90. The molecule has 1 aromatic rings. The summed E-state index contributed by atoms with van der Waals surface area (Å²) in [6.45, 7) is 0. The van der Waals surface area contributed by atoms with E-state index < -0.39 is 17.8 Å². The van der Waals surface area contributed by atoms with Crippen LogP contribution in [0.2, 0.25) is 0 Å². The molecule has 0 fully saturated rings. The van der Waals surface area contributed by atoms with Crippen LogP contribution in [0.15, 0.2) is 41.3 Å². The second kappa shape index (κ2) is 5.84. The molecule has 0 unspecified atom stereocenters. The SMILES string of the molecule is O=C([O-])[C@H]1CC=CC[C@H]1C(=O)Nc1ccccc1[S-]. The Morgan fingerprint density at radius 1 is 1.16 bits per heavy atom. The minimum absolute atomic E-state index is 0.323. The number of carbonyl (C=O) groups excluding carboxylic acids is 2. The Kier molecular flexibility index (Phi) is 4.16. The highest BCUT2D eigenvalue weighted by Gasteiger charge is 2.29. The van der Waals surface area contributed by atoms with E-state index >= 15 is 0 Å². The van der Waals surface area contributed by atoms with Crippen LogP contribution in [0.1, 0.15) is 12.8 Å². The minimum atomic E-state index is -1.18. The Bertz CT molecular complexity index is 527. The van der Waals surface area contributed by atoms with E-state index in [9.17, 15) is 14.7 Å². The third kappa shape index (κ3) is 3.12. The monoisotopic (exact) mass is 275 g/mol. The van der Waals surface area contributed by atoms with E-state index in [1.54, 1.807) is 30.3 Å².